The number of carbonyl (C=O) groups excluding carboxylic acids is 1. The van der Waals surface area contributed by atoms with E-state index in [1.807, 2.05) is 26.0 Å². The van der Waals surface area contributed by atoms with Crippen LogP contribution < -0.4 is 11.1 Å². The molecule has 19 heavy (non-hydrogen) atoms. The Balaban J connectivity index is 2.28. The highest BCUT2D eigenvalue weighted by Gasteiger charge is 2.11. The molecule has 0 saturated heterocycles. The number of benzene rings is 2. The first-order valence-electron chi connectivity index (χ1n) is 5.91. The Hall–Kier alpha value is -2.00. The first-order chi connectivity index (χ1) is 8.97. The molecule has 0 radical (unpaired) electrons. The van der Waals surface area contributed by atoms with Crippen LogP contribution in [0.15, 0.2) is 36.4 Å². The maximum absolute atomic E-state index is 12.2. The molecule has 0 aromatic heterocycles. The average molecular weight is 275 g/mol. The molecule has 0 atom stereocenters. The van der Waals surface area contributed by atoms with Gasteiger partial charge in [0.05, 0.1) is 10.7 Å². The van der Waals surface area contributed by atoms with Gasteiger partial charge in [-0.3, -0.25) is 4.79 Å². The first-order valence-corrected chi connectivity index (χ1v) is 6.29. The van der Waals surface area contributed by atoms with E-state index in [0.717, 1.165) is 11.1 Å². The molecule has 0 aliphatic rings. The van der Waals surface area contributed by atoms with Gasteiger partial charge in [0.1, 0.15) is 0 Å². The molecule has 2 aromatic carbocycles. The highest BCUT2D eigenvalue weighted by Crippen LogP contribution is 2.25. The second-order valence-electron chi connectivity index (χ2n) is 4.51. The first kappa shape index (κ1) is 13.4. The highest BCUT2D eigenvalue weighted by atomic mass is 35.5. The Labute approximate surface area is 117 Å². The number of anilines is 2. The van der Waals surface area contributed by atoms with Crippen LogP contribution in [0.5, 0.6) is 0 Å². The SMILES string of the molecule is Cc1ccc(C(=O)Nc2cc(N)ccc2Cl)c(C)c1. The van der Waals surface area contributed by atoms with Crippen LogP contribution in [-0.2, 0) is 0 Å². The summed E-state index contributed by atoms with van der Waals surface area (Å²) in [6, 6.07) is 10.7. The van der Waals surface area contributed by atoms with Gasteiger partial charge >= 0.3 is 0 Å². The van der Waals surface area contributed by atoms with Crippen LogP contribution in [-0.4, -0.2) is 5.91 Å². The number of nitrogen functional groups attached to an aromatic ring is 1. The molecule has 0 bridgehead atoms. The number of nitrogens with one attached hydrogen (secondary N) is 1. The summed E-state index contributed by atoms with van der Waals surface area (Å²) in [5, 5.41) is 3.24. The Morgan fingerprint density at radius 2 is 1.89 bits per heavy atom. The Kier molecular flexibility index (Phi) is 3.76. The van der Waals surface area contributed by atoms with Crippen molar-refractivity contribution in [3.05, 3.63) is 58.1 Å². The zero-order chi connectivity index (χ0) is 14.0. The van der Waals surface area contributed by atoms with E-state index in [1.165, 1.54) is 0 Å². The van der Waals surface area contributed by atoms with Gasteiger partial charge in [-0.25, -0.2) is 0 Å². The summed E-state index contributed by atoms with van der Waals surface area (Å²) < 4.78 is 0. The second kappa shape index (κ2) is 5.33. The number of carbonyl (C=O) groups is 1. The molecule has 1 amide bonds. The Bertz CT molecular complexity index is 638. The maximum Gasteiger partial charge on any atom is 0.255 e. The van der Waals surface area contributed by atoms with Crippen LogP contribution in [0.4, 0.5) is 11.4 Å². The van der Waals surface area contributed by atoms with E-state index in [0.29, 0.717) is 22.0 Å². The fourth-order valence-electron chi connectivity index (χ4n) is 1.90. The molecule has 98 valence electrons. The fourth-order valence-corrected chi connectivity index (χ4v) is 2.06. The van der Waals surface area contributed by atoms with E-state index in [-0.39, 0.29) is 5.91 Å². The van der Waals surface area contributed by atoms with E-state index in [2.05, 4.69) is 5.32 Å². The van der Waals surface area contributed by atoms with Gasteiger partial charge in [0, 0.05) is 11.3 Å². The van der Waals surface area contributed by atoms with E-state index in [4.69, 9.17) is 17.3 Å². The van der Waals surface area contributed by atoms with Gasteiger partial charge in [0.15, 0.2) is 0 Å². The molecule has 3 nitrogen and oxygen atoms in total. The van der Waals surface area contributed by atoms with Crippen molar-refractivity contribution < 1.29 is 4.79 Å². The van der Waals surface area contributed by atoms with Gasteiger partial charge in [-0.15, -0.1) is 0 Å². The monoisotopic (exact) mass is 274 g/mol. The summed E-state index contributed by atoms with van der Waals surface area (Å²) in [6.07, 6.45) is 0. The molecule has 0 heterocycles. The van der Waals surface area contributed by atoms with E-state index < -0.39 is 0 Å². The predicted molar refractivity (Wildman–Crippen MR) is 79.7 cm³/mol. The minimum Gasteiger partial charge on any atom is -0.399 e. The van der Waals surface area contributed by atoms with Crippen molar-refractivity contribution in [3.8, 4) is 0 Å². The smallest absolute Gasteiger partial charge is 0.255 e. The molecular formula is C15H15ClN2O. The third-order valence-electron chi connectivity index (χ3n) is 2.87. The van der Waals surface area contributed by atoms with Crippen molar-refractivity contribution in [2.75, 3.05) is 11.1 Å². The van der Waals surface area contributed by atoms with Crippen LogP contribution >= 0.6 is 11.6 Å². The molecule has 0 unspecified atom stereocenters. The predicted octanol–water partition coefficient (Wildman–Crippen LogP) is 3.79. The summed E-state index contributed by atoms with van der Waals surface area (Å²) in [5.74, 6) is -0.190. The number of amides is 1. The number of hydrogen-bond donors (Lipinski definition) is 2. The molecule has 3 N–H and O–H groups in total. The minimum absolute atomic E-state index is 0.190. The van der Waals surface area contributed by atoms with Crippen LogP contribution in [0, 0.1) is 13.8 Å². The van der Waals surface area contributed by atoms with Gasteiger partial charge in [-0.05, 0) is 43.7 Å². The molecule has 4 heteroatoms. The number of rotatable bonds is 2. The number of hydrogen-bond acceptors (Lipinski definition) is 2. The minimum atomic E-state index is -0.190. The van der Waals surface area contributed by atoms with Crippen molar-refractivity contribution in [1.82, 2.24) is 0 Å². The third-order valence-corrected chi connectivity index (χ3v) is 3.19. The average Bonchev–Trinajstić information content (AvgIpc) is 2.33. The standard InChI is InChI=1S/C15H15ClN2O/c1-9-3-5-12(10(2)7-9)15(19)18-14-8-11(17)4-6-13(14)16/h3-8H,17H2,1-2H3,(H,18,19). The lowest BCUT2D eigenvalue weighted by atomic mass is 10.1. The summed E-state index contributed by atoms with van der Waals surface area (Å²) in [7, 11) is 0. The maximum atomic E-state index is 12.2. The normalized spacial score (nSPS) is 10.3. The quantitative estimate of drug-likeness (QED) is 0.819. The Morgan fingerprint density at radius 1 is 1.16 bits per heavy atom. The highest BCUT2D eigenvalue weighted by molar-refractivity contribution is 6.34. The molecule has 0 saturated carbocycles. The van der Waals surface area contributed by atoms with Crippen LogP contribution in [0.25, 0.3) is 0 Å². The number of aryl methyl sites for hydroxylation is 2. The fraction of sp³-hybridized carbons (Fsp3) is 0.133. The summed E-state index contributed by atoms with van der Waals surface area (Å²) >= 11 is 6.02. The Morgan fingerprint density at radius 3 is 2.58 bits per heavy atom. The third kappa shape index (κ3) is 3.06. The van der Waals surface area contributed by atoms with Crippen molar-refractivity contribution in [1.29, 1.82) is 0 Å². The molecule has 0 aliphatic heterocycles. The van der Waals surface area contributed by atoms with Crippen LogP contribution in [0.1, 0.15) is 21.5 Å². The molecule has 2 aromatic rings. The van der Waals surface area contributed by atoms with Gasteiger partial charge < -0.3 is 11.1 Å². The molecule has 2 rings (SSSR count). The van der Waals surface area contributed by atoms with Crippen molar-refractivity contribution >= 4 is 28.9 Å². The van der Waals surface area contributed by atoms with E-state index in [1.54, 1.807) is 24.3 Å². The zero-order valence-electron chi connectivity index (χ0n) is 10.8. The van der Waals surface area contributed by atoms with Gasteiger partial charge in [-0.2, -0.15) is 0 Å². The lowest BCUT2D eigenvalue weighted by Crippen LogP contribution is -2.14. The van der Waals surface area contributed by atoms with E-state index in [9.17, 15) is 4.79 Å². The number of halogens is 1. The summed E-state index contributed by atoms with van der Waals surface area (Å²) in [6.45, 7) is 3.90. The van der Waals surface area contributed by atoms with Gasteiger partial charge in [0.25, 0.3) is 5.91 Å². The molecule has 0 fully saturated rings. The van der Waals surface area contributed by atoms with Gasteiger partial charge in [0.2, 0.25) is 0 Å². The lowest BCUT2D eigenvalue weighted by Gasteiger charge is -2.10. The lowest BCUT2D eigenvalue weighted by molar-refractivity contribution is 0.102. The van der Waals surface area contributed by atoms with Crippen LogP contribution in [0.3, 0.4) is 0 Å². The zero-order valence-corrected chi connectivity index (χ0v) is 11.6. The van der Waals surface area contributed by atoms with Gasteiger partial charge in [-0.1, -0.05) is 29.3 Å². The summed E-state index contributed by atoms with van der Waals surface area (Å²) in [5.41, 5.74) is 9.44. The van der Waals surface area contributed by atoms with Crippen molar-refractivity contribution in [2.45, 2.75) is 13.8 Å². The van der Waals surface area contributed by atoms with E-state index >= 15 is 0 Å². The van der Waals surface area contributed by atoms with Crippen LogP contribution in [0.2, 0.25) is 5.02 Å². The van der Waals surface area contributed by atoms with Crippen molar-refractivity contribution in [3.63, 3.8) is 0 Å². The summed E-state index contributed by atoms with van der Waals surface area (Å²) in [4.78, 5) is 12.2. The molecule has 0 spiro atoms. The topological polar surface area (TPSA) is 55.1 Å². The number of nitrogens with two attached hydrogens (primary N) is 1. The molecule has 0 aliphatic carbocycles. The molecular weight excluding hydrogens is 260 g/mol. The van der Waals surface area contributed by atoms with Crippen molar-refractivity contribution in [2.24, 2.45) is 0 Å². The largest absolute Gasteiger partial charge is 0.399 e. The second-order valence-corrected chi connectivity index (χ2v) is 4.92.